The van der Waals surface area contributed by atoms with Crippen molar-refractivity contribution in [3.8, 4) is 0 Å². The van der Waals surface area contributed by atoms with Gasteiger partial charge in [0.05, 0.1) is 24.5 Å². The highest BCUT2D eigenvalue weighted by atomic mass is 79.9. The van der Waals surface area contributed by atoms with E-state index in [4.69, 9.17) is 4.74 Å². The number of aliphatic hydroxyl groups excluding tert-OH is 1. The molecular weight excluding hydrogens is 337 g/mol. The summed E-state index contributed by atoms with van der Waals surface area (Å²) < 4.78 is 19.7. The van der Waals surface area contributed by atoms with Gasteiger partial charge in [0.2, 0.25) is 0 Å². The Balaban J connectivity index is 1.70. The Morgan fingerprint density at radius 3 is 2.81 bits per heavy atom. The second-order valence-electron chi connectivity index (χ2n) is 5.87. The van der Waals surface area contributed by atoms with Gasteiger partial charge in [-0.05, 0) is 65.7 Å². The topological polar surface area (TPSA) is 41.5 Å². The molecule has 1 fully saturated rings. The summed E-state index contributed by atoms with van der Waals surface area (Å²) in [6, 6.07) is 4.43. The highest BCUT2D eigenvalue weighted by Crippen LogP contribution is 2.26. The van der Waals surface area contributed by atoms with Crippen molar-refractivity contribution in [3.63, 3.8) is 0 Å². The van der Waals surface area contributed by atoms with Gasteiger partial charge in [-0.3, -0.25) is 0 Å². The van der Waals surface area contributed by atoms with E-state index in [1.165, 1.54) is 25.0 Å². The lowest BCUT2D eigenvalue weighted by Crippen LogP contribution is -2.29. The Hall–Kier alpha value is -0.650. The quantitative estimate of drug-likeness (QED) is 0.807. The van der Waals surface area contributed by atoms with E-state index in [0.29, 0.717) is 18.8 Å². The minimum atomic E-state index is -0.598. The molecule has 0 aliphatic heterocycles. The normalized spacial score (nSPS) is 23.8. The van der Waals surface area contributed by atoms with Gasteiger partial charge in [0, 0.05) is 11.0 Å². The maximum Gasteiger partial charge on any atom is 0.125 e. The molecule has 118 valence electrons. The van der Waals surface area contributed by atoms with Crippen molar-refractivity contribution in [2.45, 2.75) is 44.8 Å². The predicted octanol–water partition coefficient (Wildman–Crippen LogP) is 3.96. The molecule has 1 aliphatic carbocycles. The highest BCUT2D eigenvalue weighted by molar-refractivity contribution is 9.10. The van der Waals surface area contributed by atoms with Crippen LogP contribution in [0.25, 0.3) is 0 Å². The van der Waals surface area contributed by atoms with Crippen molar-refractivity contribution < 1.29 is 14.2 Å². The maximum atomic E-state index is 13.1. The van der Waals surface area contributed by atoms with Gasteiger partial charge in [-0.15, -0.1) is 0 Å². The standard InChI is InChI=1S/C16H23BrFNO2/c1-11-2-5-14(6-3-11)21-10-13(20)9-19-16-8-12(18)4-7-15(16)17/h4,7-8,11,13-14,19-20H,2-3,5-6,9-10H2,1H3. The monoisotopic (exact) mass is 359 g/mol. The molecule has 0 radical (unpaired) electrons. The van der Waals surface area contributed by atoms with Gasteiger partial charge in [-0.1, -0.05) is 6.92 Å². The summed E-state index contributed by atoms with van der Waals surface area (Å²) in [5.41, 5.74) is 0.639. The molecule has 0 aromatic heterocycles. The van der Waals surface area contributed by atoms with Crippen molar-refractivity contribution in [1.29, 1.82) is 0 Å². The molecule has 1 aliphatic rings. The maximum absolute atomic E-state index is 13.1. The summed E-state index contributed by atoms with van der Waals surface area (Å²) in [5, 5.41) is 13.0. The third-order valence-corrected chi connectivity index (χ3v) is 4.64. The Morgan fingerprint density at radius 1 is 1.38 bits per heavy atom. The molecule has 0 bridgehead atoms. The molecule has 1 atom stereocenters. The number of hydrogen-bond donors (Lipinski definition) is 2. The van der Waals surface area contributed by atoms with E-state index >= 15 is 0 Å². The number of anilines is 1. The van der Waals surface area contributed by atoms with Crippen LogP contribution < -0.4 is 5.32 Å². The first-order valence-corrected chi connectivity index (χ1v) is 8.32. The fourth-order valence-electron chi connectivity index (χ4n) is 2.56. The Bertz CT molecular complexity index is 450. The third kappa shape index (κ3) is 5.57. The van der Waals surface area contributed by atoms with E-state index in [9.17, 15) is 9.50 Å². The summed E-state index contributed by atoms with van der Waals surface area (Å²) in [5.74, 6) is 0.490. The number of aliphatic hydroxyl groups is 1. The second kappa shape index (κ2) is 8.11. The average molecular weight is 360 g/mol. The van der Waals surface area contributed by atoms with E-state index in [2.05, 4.69) is 28.2 Å². The van der Waals surface area contributed by atoms with Crippen molar-refractivity contribution in [2.24, 2.45) is 5.92 Å². The van der Waals surface area contributed by atoms with Crippen molar-refractivity contribution in [3.05, 3.63) is 28.5 Å². The van der Waals surface area contributed by atoms with Crippen LogP contribution in [-0.4, -0.2) is 30.5 Å². The zero-order chi connectivity index (χ0) is 15.2. The Labute approximate surface area is 134 Å². The first-order valence-electron chi connectivity index (χ1n) is 7.53. The summed E-state index contributed by atoms with van der Waals surface area (Å²) in [4.78, 5) is 0. The van der Waals surface area contributed by atoms with Crippen LogP contribution in [0.1, 0.15) is 32.6 Å². The molecular formula is C16H23BrFNO2. The van der Waals surface area contributed by atoms with Gasteiger partial charge in [0.25, 0.3) is 0 Å². The lowest BCUT2D eigenvalue weighted by molar-refractivity contribution is -0.0245. The number of ether oxygens (including phenoxy) is 1. The smallest absolute Gasteiger partial charge is 0.125 e. The molecule has 1 saturated carbocycles. The second-order valence-corrected chi connectivity index (χ2v) is 6.73. The van der Waals surface area contributed by atoms with E-state index in [-0.39, 0.29) is 11.9 Å². The van der Waals surface area contributed by atoms with Gasteiger partial charge >= 0.3 is 0 Å². The number of benzene rings is 1. The minimum Gasteiger partial charge on any atom is -0.389 e. The third-order valence-electron chi connectivity index (χ3n) is 3.94. The van der Waals surface area contributed by atoms with E-state index in [0.717, 1.165) is 23.2 Å². The fourth-order valence-corrected chi connectivity index (χ4v) is 2.95. The zero-order valence-electron chi connectivity index (χ0n) is 12.3. The molecule has 3 nitrogen and oxygen atoms in total. The Kier molecular flexibility index (Phi) is 6.45. The molecule has 2 N–H and O–H groups in total. The number of hydrogen-bond acceptors (Lipinski definition) is 3. The molecule has 0 heterocycles. The summed E-state index contributed by atoms with van der Waals surface area (Å²) >= 11 is 3.35. The van der Waals surface area contributed by atoms with Crippen LogP contribution in [0.15, 0.2) is 22.7 Å². The molecule has 0 amide bonds. The molecule has 0 spiro atoms. The lowest BCUT2D eigenvalue weighted by Gasteiger charge is -2.27. The molecule has 1 unspecified atom stereocenters. The van der Waals surface area contributed by atoms with Gasteiger partial charge in [-0.25, -0.2) is 4.39 Å². The molecule has 2 rings (SSSR count). The van der Waals surface area contributed by atoms with Gasteiger partial charge in [0.15, 0.2) is 0 Å². The fraction of sp³-hybridized carbons (Fsp3) is 0.625. The number of rotatable bonds is 6. The van der Waals surface area contributed by atoms with Crippen LogP contribution >= 0.6 is 15.9 Å². The summed E-state index contributed by atoms with van der Waals surface area (Å²) in [6.07, 6.45) is 4.24. The summed E-state index contributed by atoms with van der Waals surface area (Å²) in [6.45, 7) is 2.93. The van der Waals surface area contributed by atoms with Gasteiger partial charge in [-0.2, -0.15) is 0 Å². The Morgan fingerprint density at radius 2 is 2.10 bits per heavy atom. The van der Waals surface area contributed by atoms with E-state index in [1.807, 2.05) is 0 Å². The molecule has 1 aromatic rings. The predicted molar refractivity (Wildman–Crippen MR) is 86.0 cm³/mol. The summed E-state index contributed by atoms with van der Waals surface area (Å²) in [7, 11) is 0. The number of nitrogens with one attached hydrogen (secondary N) is 1. The zero-order valence-corrected chi connectivity index (χ0v) is 13.9. The molecule has 0 saturated heterocycles. The van der Waals surface area contributed by atoms with Gasteiger partial charge < -0.3 is 15.2 Å². The first-order chi connectivity index (χ1) is 10.0. The van der Waals surface area contributed by atoms with Crippen molar-refractivity contribution >= 4 is 21.6 Å². The van der Waals surface area contributed by atoms with E-state index < -0.39 is 6.10 Å². The molecule has 1 aromatic carbocycles. The van der Waals surface area contributed by atoms with Crippen LogP contribution in [0.2, 0.25) is 0 Å². The van der Waals surface area contributed by atoms with Crippen LogP contribution in [0, 0.1) is 11.7 Å². The highest BCUT2D eigenvalue weighted by Gasteiger charge is 2.19. The first kappa shape index (κ1) is 16.7. The van der Waals surface area contributed by atoms with Crippen molar-refractivity contribution in [2.75, 3.05) is 18.5 Å². The molecule has 21 heavy (non-hydrogen) atoms. The number of halogens is 2. The SMILES string of the molecule is CC1CCC(OCC(O)CNc2cc(F)ccc2Br)CC1. The lowest BCUT2D eigenvalue weighted by atomic mass is 9.89. The van der Waals surface area contributed by atoms with Crippen LogP contribution in [0.4, 0.5) is 10.1 Å². The largest absolute Gasteiger partial charge is 0.389 e. The minimum absolute atomic E-state index is 0.275. The van der Waals surface area contributed by atoms with Crippen LogP contribution in [0.3, 0.4) is 0 Å². The van der Waals surface area contributed by atoms with Crippen LogP contribution in [0.5, 0.6) is 0 Å². The van der Waals surface area contributed by atoms with Crippen LogP contribution in [-0.2, 0) is 4.74 Å². The average Bonchev–Trinajstić information content (AvgIpc) is 2.47. The van der Waals surface area contributed by atoms with Gasteiger partial charge in [0.1, 0.15) is 5.82 Å². The van der Waals surface area contributed by atoms with Crippen molar-refractivity contribution in [1.82, 2.24) is 0 Å². The molecule has 5 heteroatoms. The van der Waals surface area contributed by atoms with E-state index in [1.54, 1.807) is 6.07 Å².